The van der Waals surface area contributed by atoms with Crippen LogP contribution in [0, 0.1) is 6.92 Å². The Bertz CT molecular complexity index is 315. The fraction of sp³-hybridized carbons (Fsp3) is 0.429. The predicted molar refractivity (Wildman–Crippen MR) is 67.2 cm³/mol. The second kappa shape index (κ2) is 6.41. The maximum absolute atomic E-state index is 3.89. The molecular weight excluding hydrogens is 182 g/mol. The van der Waals surface area contributed by atoms with Gasteiger partial charge in [0, 0.05) is 0 Å². The van der Waals surface area contributed by atoms with Gasteiger partial charge >= 0.3 is 0 Å². The molecule has 0 unspecified atom stereocenters. The molecule has 0 amide bonds. The first kappa shape index (κ1) is 12.0. The molecule has 0 bridgehead atoms. The van der Waals surface area contributed by atoms with E-state index in [4.69, 9.17) is 0 Å². The van der Waals surface area contributed by atoms with Crippen LogP contribution < -0.4 is 5.32 Å². The van der Waals surface area contributed by atoms with Gasteiger partial charge in [-0.25, -0.2) is 0 Å². The molecule has 82 valence electrons. The van der Waals surface area contributed by atoms with E-state index in [0.717, 1.165) is 25.9 Å². The van der Waals surface area contributed by atoms with Crippen LogP contribution in [0.4, 0.5) is 0 Å². The van der Waals surface area contributed by atoms with Gasteiger partial charge in [0.1, 0.15) is 0 Å². The summed E-state index contributed by atoms with van der Waals surface area (Å²) in [6.07, 6.45) is 2.19. The zero-order valence-corrected chi connectivity index (χ0v) is 9.84. The minimum absolute atomic E-state index is 1.04. The predicted octanol–water partition coefficient (Wildman–Crippen LogP) is 3.09. The molecule has 1 aromatic rings. The molecule has 0 aliphatic heterocycles. The zero-order valence-electron chi connectivity index (χ0n) is 9.84. The van der Waals surface area contributed by atoms with Crippen LogP contribution in [0.3, 0.4) is 0 Å². The van der Waals surface area contributed by atoms with E-state index >= 15 is 0 Å². The number of aryl methyl sites for hydroxylation is 1. The third kappa shape index (κ3) is 4.80. The molecule has 1 aromatic carbocycles. The molecule has 0 aliphatic rings. The number of rotatable bonds is 6. The molecule has 1 N–H and O–H groups in total. The summed E-state index contributed by atoms with van der Waals surface area (Å²) >= 11 is 0. The summed E-state index contributed by atoms with van der Waals surface area (Å²) in [4.78, 5) is 0. The highest BCUT2D eigenvalue weighted by Gasteiger charge is 1.95. The molecule has 0 spiro atoms. The average Bonchev–Trinajstić information content (AvgIpc) is 2.20. The van der Waals surface area contributed by atoms with Crippen molar-refractivity contribution >= 4 is 0 Å². The minimum atomic E-state index is 1.04. The van der Waals surface area contributed by atoms with Gasteiger partial charge in [0.25, 0.3) is 0 Å². The first-order valence-corrected chi connectivity index (χ1v) is 5.60. The van der Waals surface area contributed by atoms with Crippen LogP contribution in [0.5, 0.6) is 0 Å². The van der Waals surface area contributed by atoms with E-state index in [1.807, 2.05) is 0 Å². The van der Waals surface area contributed by atoms with Crippen LogP contribution in [-0.4, -0.2) is 13.1 Å². The summed E-state index contributed by atoms with van der Waals surface area (Å²) in [6, 6.07) is 8.57. The second-order valence-electron chi connectivity index (χ2n) is 4.13. The maximum Gasteiger partial charge on any atom is -0.000812 e. The smallest absolute Gasteiger partial charge is 0.000812 e. The van der Waals surface area contributed by atoms with Crippen LogP contribution in [0.15, 0.2) is 36.4 Å². The van der Waals surface area contributed by atoms with Crippen molar-refractivity contribution < 1.29 is 0 Å². The van der Waals surface area contributed by atoms with Crippen molar-refractivity contribution in [2.75, 3.05) is 13.1 Å². The van der Waals surface area contributed by atoms with Crippen molar-refractivity contribution in [3.63, 3.8) is 0 Å². The van der Waals surface area contributed by atoms with Crippen molar-refractivity contribution in [3.05, 3.63) is 47.5 Å². The van der Waals surface area contributed by atoms with Crippen molar-refractivity contribution in [3.8, 4) is 0 Å². The van der Waals surface area contributed by atoms with Crippen molar-refractivity contribution in [1.29, 1.82) is 0 Å². The number of hydrogen-bond acceptors (Lipinski definition) is 1. The van der Waals surface area contributed by atoms with Gasteiger partial charge in [-0.1, -0.05) is 29.8 Å². The summed E-state index contributed by atoms with van der Waals surface area (Å²) in [7, 11) is 0. The lowest BCUT2D eigenvalue weighted by Gasteiger charge is -2.06. The Labute approximate surface area is 93.2 Å². The second-order valence-corrected chi connectivity index (χ2v) is 4.13. The highest BCUT2D eigenvalue weighted by Crippen LogP contribution is 2.06. The van der Waals surface area contributed by atoms with Gasteiger partial charge in [-0.2, -0.15) is 0 Å². The van der Waals surface area contributed by atoms with E-state index in [-0.39, 0.29) is 0 Å². The summed E-state index contributed by atoms with van der Waals surface area (Å²) in [5.74, 6) is 0. The summed E-state index contributed by atoms with van der Waals surface area (Å²) in [5.41, 5.74) is 4.08. The monoisotopic (exact) mass is 203 g/mol. The first-order valence-electron chi connectivity index (χ1n) is 5.60. The molecule has 0 fully saturated rings. The largest absolute Gasteiger partial charge is 0.316 e. The Morgan fingerprint density at radius 2 is 2.00 bits per heavy atom. The quantitative estimate of drug-likeness (QED) is 0.553. The normalized spacial score (nSPS) is 10.3. The fourth-order valence-corrected chi connectivity index (χ4v) is 1.54. The highest BCUT2D eigenvalue weighted by molar-refractivity contribution is 5.25. The molecule has 15 heavy (non-hydrogen) atoms. The van der Waals surface area contributed by atoms with E-state index in [1.54, 1.807) is 0 Å². The van der Waals surface area contributed by atoms with E-state index < -0.39 is 0 Å². The third-order valence-corrected chi connectivity index (χ3v) is 2.56. The molecule has 0 saturated carbocycles. The van der Waals surface area contributed by atoms with Crippen LogP contribution in [-0.2, 0) is 6.42 Å². The zero-order chi connectivity index (χ0) is 11.1. The van der Waals surface area contributed by atoms with Crippen LogP contribution >= 0.6 is 0 Å². The maximum atomic E-state index is 3.89. The molecule has 0 aromatic heterocycles. The topological polar surface area (TPSA) is 12.0 Å². The van der Waals surface area contributed by atoms with Crippen molar-refractivity contribution in [2.24, 2.45) is 0 Å². The summed E-state index contributed by atoms with van der Waals surface area (Å²) in [6.45, 7) is 10.2. The number of nitrogens with one attached hydrogen (secondary N) is 1. The highest BCUT2D eigenvalue weighted by atomic mass is 14.8. The lowest BCUT2D eigenvalue weighted by molar-refractivity contribution is 0.678. The fourth-order valence-electron chi connectivity index (χ4n) is 1.54. The molecular formula is C14H21N. The molecule has 1 heteroatoms. The summed E-state index contributed by atoms with van der Waals surface area (Å²) < 4.78 is 0. The van der Waals surface area contributed by atoms with Crippen LogP contribution in [0.1, 0.15) is 24.5 Å². The van der Waals surface area contributed by atoms with Crippen molar-refractivity contribution in [1.82, 2.24) is 5.32 Å². The average molecular weight is 203 g/mol. The molecule has 0 atom stereocenters. The summed E-state index contributed by atoms with van der Waals surface area (Å²) in [5, 5.41) is 3.43. The SMILES string of the molecule is C=C(C)CCNCCc1ccccc1C. The van der Waals surface area contributed by atoms with E-state index in [0.29, 0.717) is 0 Å². The van der Waals surface area contributed by atoms with Crippen molar-refractivity contribution in [2.45, 2.75) is 26.7 Å². The van der Waals surface area contributed by atoms with Gasteiger partial charge in [-0.15, -0.1) is 6.58 Å². The molecule has 0 aliphatic carbocycles. The molecule has 0 heterocycles. The Morgan fingerprint density at radius 3 is 2.67 bits per heavy atom. The van der Waals surface area contributed by atoms with Crippen LogP contribution in [0.2, 0.25) is 0 Å². The number of benzene rings is 1. The van der Waals surface area contributed by atoms with Gasteiger partial charge in [0.05, 0.1) is 0 Å². The number of hydrogen-bond donors (Lipinski definition) is 1. The molecule has 0 radical (unpaired) electrons. The minimum Gasteiger partial charge on any atom is -0.316 e. The van der Waals surface area contributed by atoms with Gasteiger partial charge < -0.3 is 5.32 Å². The first-order chi connectivity index (χ1) is 7.20. The lowest BCUT2D eigenvalue weighted by atomic mass is 10.1. The molecule has 1 rings (SSSR count). The Hall–Kier alpha value is -1.08. The lowest BCUT2D eigenvalue weighted by Crippen LogP contribution is -2.18. The standard InChI is InChI=1S/C14H21N/c1-12(2)8-10-15-11-9-14-7-5-4-6-13(14)3/h4-7,15H,1,8-11H2,2-3H3. The van der Waals surface area contributed by atoms with Gasteiger partial charge in [0.15, 0.2) is 0 Å². The van der Waals surface area contributed by atoms with E-state index in [2.05, 4.69) is 50.0 Å². The van der Waals surface area contributed by atoms with Gasteiger partial charge in [-0.3, -0.25) is 0 Å². The Balaban J connectivity index is 2.21. The van der Waals surface area contributed by atoms with Crippen LogP contribution in [0.25, 0.3) is 0 Å². The van der Waals surface area contributed by atoms with E-state index in [9.17, 15) is 0 Å². The molecule has 0 saturated heterocycles. The Morgan fingerprint density at radius 1 is 1.27 bits per heavy atom. The van der Waals surface area contributed by atoms with E-state index in [1.165, 1.54) is 16.7 Å². The molecule has 1 nitrogen and oxygen atoms in total. The Kier molecular flexibility index (Phi) is 5.13. The third-order valence-electron chi connectivity index (χ3n) is 2.56. The van der Waals surface area contributed by atoms with Gasteiger partial charge in [-0.05, 0) is 50.9 Å². The van der Waals surface area contributed by atoms with Gasteiger partial charge in [0.2, 0.25) is 0 Å².